The minimum atomic E-state index is -0.366. The summed E-state index contributed by atoms with van der Waals surface area (Å²) < 4.78 is 8.18. The Balaban J connectivity index is 1.67. The highest BCUT2D eigenvalue weighted by Crippen LogP contribution is 2.19. The first-order chi connectivity index (χ1) is 10.6. The summed E-state index contributed by atoms with van der Waals surface area (Å²) in [4.78, 5) is 20.5. The van der Waals surface area contributed by atoms with Crippen LogP contribution in [0.2, 0.25) is 0 Å². The van der Waals surface area contributed by atoms with Crippen LogP contribution in [0.25, 0.3) is 10.9 Å². The van der Waals surface area contributed by atoms with Gasteiger partial charge in [-0.05, 0) is 25.1 Å². The Morgan fingerprint density at radius 1 is 1.32 bits per heavy atom. The van der Waals surface area contributed by atoms with Crippen molar-refractivity contribution in [2.75, 3.05) is 6.61 Å². The van der Waals surface area contributed by atoms with Crippen LogP contribution < -0.4 is 0 Å². The lowest BCUT2D eigenvalue weighted by Gasteiger charge is -2.07. The Hall–Kier alpha value is -2.21. The number of rotatable bonds is 4. The molecule has 0 saturated carbocycles. The van der Waals surface area contributed by atoms with E-state index in [0.717, 1.165) is 21.2 Å². The number of hydrogen-bond donors (Lipinski definition) is 0. The van der Waals surface area contributed by atoms with E-state index in [-0.39, 0.29) is 5.97 Å². The van der Waals surface area contributed by atoms with Crippen molar-refractivity contribution in [3.63, 3.8) is 0 Å². The van der Waals surface area contributed by atoms with Gasteiger partial charge in [0.05, 0.1) is 17.6 Å². The molecule has 0 aliphatic rings. The van der Waals surface area contributed by atoms with Gasteiger partial charge in [0.25, 0.3) is 0 Å². The normalized spacial score (nSPS) is 10.8. The number of halogens is 1. The summed E-state index contributed by atoms with van der Waals surface area (Å²) in [6.45, 7) is 2.80. The van der Waals surface area contributed by atoms with E-state index in [4.69, 9.17) is 4.74 Å². The number of esters is 1. The topological polar surface area (TPSA) is 57.0 Å². The molecule has 3 rings (SSSR count). The molecule has 0 unspecified atom stereocenters. The van der Waals surface area contributed by atoms with E-state index in [1.807, 2.05) is 35.9 Å². The third-order valence-electron chi connectivity index (χ3n) is 3.37. The van der Waals surface area contributed by atoms with Crippen molar-refractivity contribution >= 4 is 32.8 Å². The lowest BCUT2D eigenvalue weighted by molar-refractivity contribution is 0.0490. The molecular formula is C16H14BrN3O2. The molecule has 112 valence electrons. The van der Waals surface area contributed by atoms with Crippen LogP contribution in [0, 0.1) is 6.92 Å². The van der Waals surface area contributed by atoms with Gasteiger partial charge in [-0.3, -0.25) is 4.98 Å². The second kappa shape index (κ2) is 6.27. The molecule has 0 atom stereocenters. The lowest BCUT2D eigenvalue weighted by Crippen LogP contribution is -2.12. The molecule has 22 heavy (non-hydrogen) atoms. The van der Waals surface area contributed by atoms with Crippen LogP contribution in [-0.2, 0) is 11.3 Å². The minimum absolute atomic E-state index is 0.300. The molecule has 0 fully saturated rings. The van der Waals surface area contributed by atoms with Gasteiger partial charge in [-0.2, -0.15) is 0 Å². The van der Waals surface area contributed by atoms with E-state index in [0.29, 0.717) is 18.7 Å². The molecule has 0 aliphatic carbocycles. The maximum absolute atomic E-state index is 12.1. The quantitative estimate of drug-likeness (QED) is 0.670. The number of carbonyl (C=O) groups is 1. The van der Waals surface area contributed by atoms with Gasteiger partial charge in [0, 0.05) is 28.4 Å². The number of carbonyl (C=O) groups excluding carboxylic acids is 1. The lowest BCUT2D eigenvalue weighted by atomic mass is 10.1. The Morgan fingerprint density at radius 2 is 2.18 bits per heavy atom. The molecule has 0 bridgehead atoms. The van der Waals surface area contributed by atoms with Gasteiger partial charge in [0.2, 0.25) is 0 Å². The van der Waals surface area contributed by atoms with Crippen molar-refractivity contribution in [3.05, 3.63) is 58.7 Å². The van der Waals surface area contributed by atoms with Gasteiger partial charge in [-0.1, -0.05) is 22.0 Å². The Bertz CT molecular complexity index is 829. The highest BCUT2D eigenvalue weighted by atomic mass is 79.9. The van der Waals surface area contributed by atoms with Gasteiger partial charge in [0.15, 0.2) is 0 Å². The van der Waals surface area contributed by atoms with E-state index < -0.39 is 0 Å². The van der Waals surface area contributed by atoms with Gasteiger partial charge in [-0.25, -0.2) is 9.78 Å². The molecule has 0 amide bonds. The molecule has 0 radical (unpaired) electrons. The fourth-order valence-corrected chi connectivity index (χ4v) is 2.52. The number of benzene rings is 1. The number of aromatic nitrogens is 3. The van der Waals surface area contributed by atoms with E-state index in [1.54, 1.807) is 18.5 Å². The van der Waals surface area contributed by atoms with Crippen LogP contribution in [0.3, 0.4) is 0 Å². The standard InChI is InChI=1S/C16H14BrN3O2/c1-11-18-4-5-20(11)6-7-22-16(21)13-8-12-2-3-14(17)9-15(12)19-10-13/h2-5,8-10H,6-7H2,1H3. The molecule has 5 nitrogen and oxygen atoms in total. The molecule has 2 heterocycles. The third-order valence-corrected chi connectivity index (χ3v) is 3.86. The summed E-state index contributed by atoms with van der Waals surface area (Å²) >= 11 is 3.40. The van der Waals surface area contributed by atoms with Crippen LogP contribution in [0.1, 0.15) is 16.2 Å². The molecule has 6 heteroatoms. The number of aryl methyl sites for hydroxylation is 1. The number of ether oxygens (including phenoxy) is 1. The van der Waals surface area contributed by atoms with E-state index >= 15 is 0 Å². The van der Waals surface area contributed by atoms with Crippen molar-refractivity contribution < 1.29 is 9.53 Å². The van der Waals surface area contributed by atoms with Crippen molar-refractivity contribution in [1.82, 2.24) is 14.5 Å². The molecule has 0 aliphatic heterocycles. The average molecular weight is 360 g/mol. The van der Waals surface area contributed by atoms with Crippen LogP contribution in [0.4, 0.5) is 0 Å². The summed E-state index contributed by atoms with van der Waals surface area (Å²) in [7, 11) is 0. The zero-order valence-electron chi connectivity index (χ0n) is 12.0. The van der Waals surface area contributed by atoms with Crippen molar-refractivity contribution in [2.24, 2.45) is 0 Å². The largest absolute Gasteiger partial charge is 0.460 e. The maximum Gasteiger partial charge on any atom is 0.339 e. The summed E-state index contributed by atoms with van der Waals surface area (Å²) in [5.41, 5.74) is 1.29. The van der Waals surface area contributed by atoms with E-state index in [9.17, 15) is 4.79 Å². The second-order valence-electron chi connectivity index (χ2n) is 4.86. The predicted octanol–water partition coefficient (Wildman–Crippen LogP) is 3.36. The number of hydrogen-bond acceptors (Lipinski definition) is 4. The Labute approximate surface area is 136 Å². The predicted molar refractivity (Wildman–Crippen MR) is 86.7 cm³/mol. The summed E-state index contributed by atoms with van der Waals surface area (Å²) in [6, 6.07) is 7.53. The van der Waals surface area contributed by atoms with Gasteiger partial charge in [-0.15, -0.1) is 0 Å². The molecule has 0 spiro atoms. The smallest absolute Gasteiger partial charge is 0.339 e. The zero-order valence-corrected chi connectivity index (χ0v) is 13.6. The molecular weight excluding hydrogens is 346 g/mol. The van der Waals surface area contributed by atoms with E-state index in [2.05, 4.69) is 25.9 Å². The van der Waals surface area contributed by atoms with Crippen molar-refractivity contribution in [1.29, 1.82) is 0 Å². The van der Waals surface area contributed by atoms with Gasteiger partial charge < -0.3 is 9.30 Å². The van der Waals surface area contributed by atoms with Gasteiger partial charge >= 0.3 is 5.97 Å². The first kappa shape index (κ1) is 14.7. The summed E-state index contributed by atoms with van der Waals surface area (Å²) in [5, 5.41) is 0.906. The molecule has 2 aromatic heterocycles. The fraction of sp³-hybridized carbons (Fsp3) is 0.188. The van der Waals surface area contributed by atoms with Gasteiger partial charge in [0.1, 0.15) is 12.4 Å². The first-order valence-corrected chi connectivity index (χ1v) is 7.63. The van der Waals surface area contributed by atoms with Crippen LogP contribution in [0.15, 0.2) is 47.3 Å². The number of nitrogens with zero attached hydrogens (tertiary/aromatic N) is 3. The summed E-state index contributed by atoms with van der Waals surface area (Å²) in [5.74, 6) is 0.532. The first-order valence-electron chi connectivity index (χ1n) is 6.83. The number of fused-ring (bicyclic) bond motifs is 1. The molecule has 0 saturated heterocycles. The number of imidazole rings is 1. The number of pyridine rings is 1. The van der Waals surface area contributed by atoms with Crippen LogP contribution in [0.5, 0.6) is 0 Å². The highest BCUT2D eigenvalue weighted by molar-refractivity contribution is 9.10. The van der Waals surface area contributed by atoms with Crippen molar-refractivity contribution in [2.45, 2.75) is 13.5 Å². The molecule has 1 aromatic carbocycles. The minimum Gasteiger partial charge on any atom is -0.460 e. The van der Waals surface area contributed by atoms with Crippen molar-refractivity contribution in [3.8, 4) is 0 Å². The zero-order chi connectivity index (χ0) is 15.5. The maximum atomic E-state index is 12.1. The van der Waals surface area contributed by atoms with Crippen LogP contribution in [-0.4, -0.2) is 27.1 Å². The fourth-order valence-electron chi connectivity index (χ4n) is 2.17. The Morgan fingerprint density at radius 3 is 2.95 bits per heavy atom. The Kier molecular flexibility index (Phi) is 4.20. The summed E-state index contributed by atoms with van der Waals surface area (Å²) in [6.07, 6.45) is 5.13. The highest BCUT2D eigenvalue weighted by Gasteiger charge is 2.09. The average Bonchev–Trinajstić information content (AvgIpc) is 2.92. The van der Waals surface area contributed by atoms with Crippen LogP contribution >= 0.6 is 15.9 Å². The monoisotopic (exact) mass is 359 g/mol. The molecule has 0 N–H and O–H groups in total. The second-order valence-corrected chi connectivity index (χ2v) is 5.78. The van der Waals surface area contributed by atoms with E-state index in [1.165, 1.54) is 0 Å². The SMILES string of the molecule is Cc1nccn1CCOC(=O)c1cnc2cc(Br)ccc2c1. The third kappa shape index (κ3) is 3.17. The molecule has 3 aromatic rings.